The normalized spacial score (nSPS) is 15.9. The van der Waals surface area contributed by atoms with Crippen LogP contribution in [0.2, 0.25) is 0 Å². The number of carbonyl (C=O) groups is 1. The van der Waals surface area contributed by atoms with Crippen molar-refractivity contribution in [3.8, 4) is 11.4 Å². The van der Waals surface area contributed by atoms with Crippen LogP contribution in [0.5, 0.6) is 5.75 Å². The highest BCUT2D eigenvalue weighted by Crippen LogP contribution is 2.25. The van der Waals surface area contributed by atoms with Crippen molar-refractivity contribution in [2.45, 2.75) is 32.3 Å². The Morgan fingerprint density at radius 3 is 2.77 bits per heavy atom. The van der Waals surface area contributed by atoms with Crippen LogP contribution >= 0.6 is 0 Å². The van der Waals surface area contributed by atoms with Crippen LogP contribution in [0.1, 0.15) is 26.2 Å². The molecular weight excluding hydrogens is 282 g/mol. The average molecular weight is 301 g/mol. The van der Waals surface area contributed by atoms with Crippen molar-refractivity contribution in [1.82, 2.24) is 25.5 Å². The van der Waals surface area contributed by atoms with Crippen molar-refractivity contribution < 1.29 is 9.53 Å². The molecule has 3 rings (SSSR count). The molecule has 1 aliphatic carbocycles. The Balaban J connectivity index is 1.52. The van der Waals surface area contributed by atoms with Crippen LogP contribution in [0.4, 0.5) is 0 Å². The maximum atomic E-state index is 12.0. The summed E-state index contributed by atoms with van der Waals surface area (Å²) < 4.78 is 7.21. The minimum absolute atomic E-state index is 0.0727. The smallest absolute Gasteiger partial charge is 0.260 e. The number of benzene rings is 1. The number of nitrogens with one attached hydrogen (secondary N) is 1. The molecule has 1 heterocycles. The molecule has 0 aliphatic heterocycles. The molecule has 1 aliphatic rings. The number of hydrogen-bond acceptors (Lipinski definition) is 5. The van der Waals surface area contributed by atoms with Crippen molar-refractivity contribution in [2.24, 2.45) is 5.92 Å². The summed E-state index contributed by atoms with van der Waals surface area (Å²) in [5.41, 5.74) is 0.833. The highest BCUT2D eigenvalue weighted by atomic mass is 16.5. The molecule has 116 valence electrons. The van der Waals surface area contributed by atoms with Gasteiger partial charge >= 0.3 is 0 Å². The first-order valence-corrected chi connectivity index (χ1v) is 7.50. The molecule has 1 aromatic carbocycles. The number of carbonyl (C=O) groups excluding carboxylic acids is 1. The fourth-order valence-electron chi connectivity index (χ4n) is 2.30. The Bertz CT molecular complexity index is 607. The summed E-state index contributed by atoms with van der Waals surface area (Å²) in [6.07, 6.45) is 4.72. The second-order valence-corrected chi connectivity index (χ2v) is 5.55. The maximum Gasteiger partial charge on any atom is 0.260 e. The molecule has 0 spiro atoms. The molecule has 1 fully saturated rings. The third-order valence-electron chi connectivity index (χ3n) is 3.92. The summed E-state index contributed by atoms with van der Waals surface area (Å²) in [5.74, 6) is 1.21. The Labute approximate surface area is 128 Å². The van der Waals surface area contributed by atoms with Gasteiger partial charge in [-0.25, -0.2) is 4.68 Å². The zero-order valence-electron chi connectivity index (χ0n) is 12.5. The zero-order chi connectivity index (χ0) is 15.4. The van der Waals surface area contributed by atoms with E-state index in [4.69, 9.17) is 4.74 Å². The Kier molecular flexibility index (Phi) is 4.32. The summed E-state index contributed by atoms with van der Waals surface area (Å²) in [5, 5.41) is 13.9. The monoisotopic (exact) mass is 301 g/mol. The van der Waals surface area contributed by atoms with Gasteiger partial charge in [0.05, 0.1) is 5.69 Å². The third-order valence-corrected chi connectivity index (χ3v) is 3.92. The summed E-state index contributed by atoms with van der Waals surface area (Å²) in [6, 6.07) is 7.27. The van der Waals surface area contributed by atoms with Gasteiger partial charge in [-0.2, -0.15) is 0 Å². The maximum absolute atomic E-state index is 12.0. The van der Waals surface area contributed by atoms with Crippen molar-refractivity contribution in [1.29, 1.82) is 0 Å². The predicted octanol–water partition coefficient (Wildman–Crippen LogP) is 1.35. The lowest BCUT2D eigenvalue weighted by Gasteiger charge is -2.26. The van der Waals surface area contributed by atoms with Crippen molar-refractivity contribution in [3.05, 3.63) is 30.6 Å². The molecule has 1 unspecified atom stereocenters. The Morgan fingerprint density at radius 2 is 2.18 bits per heavy atom. The van der Waals surface area contributed by atoms with Crippen LogP contribution in [0.25, 0.3) is 5.69 Å². The van der Waals surface area contributed by atoms with E-state index in [1.54, 1.807) is 23.7 Å². The quantitative estimate of drug-likeness (QED) is 0.871. The van der Waals surface area contributed by atoms with E-state index in [1.165, 1.54) is 25.6 Å². The molecule has 0 saturated heterocycles. The van der Waals surface area contributed by atoms with Crippen LogP contribution in [0.3, 0.4) is 0 Å². The fourth-order valence-corrected chi connectivity index (χ4v) is 2.30. The standard InChI is InChI=1S/C15H19N5O2/c1-11(15(21)16-9-12-3-2-4-12)22-14-7-5-13(6-8-14)20-10-17-18-19-20/h5-8,10-12H,2-4,9H2,1H3,(H,16,21). The topological polar surface area (TPSA) is 81.9 Å². The molecule has 0 radical (unpaired) electrons. The van der Waals surface area contributed by atoms with Gasteiger partial charge in [-0.1, -0.05) is 6.42 Å². The number of aromatic nitrogens is 4. The fraction of sp³-hybridized carbons (Fsp3) is 0.467. The van der Waals surface area contributed by atoms with E-state index >= 15 is 0 Å². The van der Waals surface area contributed by atoms with Crippen LogP contribution in [-0.4, -0.2) is 38.8 Å². The number of amides is 1. The molecule has 7 heteroatoms. The van der Waals surface area contributed by atoms with E-state index < -0.39 is 6.10 Å². The molecule has 22 heavy (non-hydrogen) atoms. The Morgan fingerprint density at radius 1 is 1.41 bits per heavy atom. The van der Waals surface area contributed by atoms with Crippen LogP contribution in [0, 0.1) is 5.92 Å². The highest BCUT2D eigenvalue weighted by molar-refractivity contribution is 5.80. The van der Waals surface area contributed by atoms with Gasteiger partial charge in [-0.15, -0.1) is 5.10 Å². The first-order valence-electron chi connectivity index (χ1n) is 7.50. The molecule has 1 saturated carbocycles. The average Bonchev–Trinajstić information content (AvgIpc) is 3.00. The Hall–Kier alpha value is -2.44. The predicted molar refractivity (Wildman–Crippen MR) is 79.6 cm³/mol. The summed E-state index contributed by atoms with van der Waals surface area (Å²) in [6.45, 7) is 2.51. The van der Waals surface area contributed by atoms with Gasteiger partial charge in [-0.3, -0.25) is 4.79 Å². The van der Waals surface area contributed by atoms with E-state index in [-0.39, 0.29) is 5.91 Å². The van der Waals surface area contributed by atoms with E-state index in [1.807, 2.05) is 12.1 Å². The summed E-state index contributed by atoms with van der Waals surface area (Å²) in [4.78, 5) is 12.0. The second-order valence-electron chi connectivity index (χ2n) is 5.55. The van der Waals surface area contributed by atoms with Gasteiger partial charge in [0.2, 0.25) is 0 Å². The number of nitrogens with zero attached hydrogens (tertiary/aromatic N) is 4. The zero-order valence-corrected chi connectivity index (χ0v) is 12.5. The lowest BCUT2D eigenvalue weighted by atomic mass is 9.85. The first kappa shape index (κ1) is 14.5. The van der Waals surface area contributed by atoms with Gasteiger partial charge in [0.1, 0.15) is 12.1 Å². The van der Waals surface area contributed by atoms with E-state index in [9.17, 15) is 4.79 Å². The van der Waals surface area contributed by atoms with E-state index in [2.05, 4.69) is 20.8 Å². The number of tetrazole rings is 1. The minimum Gasteiger partial charge on any atom is -0.481 e. The molecule has 0 bridgehead atoms. The lowest BCUT2D eigenvalue weighted by Crippen LogP contribution is -2.40. The van der Waals surface area contributed by atoms with Crippen LogP contribution in [-0.2, 0) is 4.79 Å². The van der Waals surface area contributed by atoms with Gasteiger partial charge in [0.15, 0.2) is 6.10 Å². The van der Waals surface area contributed by atoms with Crippen molar-refractivity contribution in [2.75, 3.05) is 6.54 Å². The largest absolute Gasteiger partial charge is 0.481 e. The molecule has 1 amide bonds. The number of ether oxygens (including phenoxy) is 1. The number of rotatable bonds is 6. The minimum atomic E-state index is -0.515. The molecule has 7 nitrogen and oxygen atoms in total. The second kappa shape index (κ2) is 6.55. The summed E-state index contributed by atoms with van der Waals surface area (Å²) in [7, 11) is 0. The van der Waals surface area contributed by atoms with Gasteiger partial charge < -0.3 is 10.1 Å². The van der Waals surface area contributed by atoms with E-state index in [0.29, 0.717) is 11.7 Å². The SMILES string of the molecule is CC(Oc1ccc(-n2cnnn2)cc1)C(=O)NCC1CCC1. The third kappa shape index (κ3) is 3.41. The van der Waals surface area contributed by atoms with Gasteiger partial charge in [-0.05, 0) is 60.4 Å². The summed E-state index contributed by atoms with van der Waals surface area (Å²) >= 11 is 0. The lowest BCUT2D eigenvalue weighted by molar-refractivity contribution is -0.127. The number of hydrogen-bond donors (Lipinski definition) is 1. The molecule has 1 N–H and O–H groups in total. The van der Waals surface area contributed by atoms with Crippen LogP contribution < -0.4 is 10.1 Å². The molecule has 1 aromatic heterocycles. The van der Waals surface area contributed by atoms with Crippen molar-refractivity contribution >= 4 is 5.91 Å². The molecule has 2 aromatic rings. The molecule has 1 atom stereocenters. The van der Waals surface area contributed by atoms with E-state index in [0.717, 1.165) is 12.2 Å². The first-order chi connectivity index (χ1) is 10.7. The molecular formula is C15H19N5O2. The van der Waals surface area contributed by atoms with Gasteiger partial charge in [0, 0.05) is 6.54 Å². The van der Waals surface area contributed by atoms with Crippen molar-refractivity contribution in [3.63, 3.8) is 0 Å². The highest BCUT2D eigenvalue weighted by Gasteiger charge is 2.20. The van der Waals surface area contributed by atoms with Crippen LogP contribution in [0.15, 0.2) is 30.6 Å². The van der Waals surface area contributed by atoms with Gasteiger partial charge in [0.25, 0.3) is 5.91 Å².